The highest BCUT2D eigenvalue weighted by Crippen LogP contribution is 2.29. The van der Waals surface area contributed by atoms with Gasteiger partial charge < -0.3 is 19.9 Å². The van der Waals surface area contributed by atoms with E-state index >= 15 is 0 Å². The van der Waals surface area contributed by atoms with Gasteiger partial charge in [0.05, 0.1) is 18.8 Å². The van der Waals surface area contributed by atoms with Gasteiger partial charge in [0.25, 0.3) is 5.91 Å². The van der Waals surface area contributed by atoms with Crippen molar-refractivity contribution in [2.24, 2.45) is 11.7 Å². The van der Waals surface area contributed by atoms with Crippen molar-refractivity contribution in [2.75, 3.05) is 13.2 Å². The van der Waals surface area contributed by atoms with E-state index in [-0.39, 0.29) is 11.5 Å². The molecule has 0 saturated heterocycles. The Bertz CT molecular complexity index is 630. The number of urea groups is 1. The normalized spacial score (nSPS) is 11.6. The highest BCUT2D eigenvalue weighted by molar-refractivity contribution is 5.98. The molecule has 3 N–H and O–H groups in total. The lowest BCUT2D eigenvalue weighted by Crippen LogP contribution is -2.45. The number of ether oxygens (including phenoxy) is 3. The van der Waals surface area contributed by atoms with Crippen molar-refractivity contribution in [3.05, 3.63) is 23.8 Å². The summed E-state index contributed by atoms with van der Waals surface area (Å²) in [6.45, 7) is 7.86. The van der Waals surface area contributed by atoms with Gasteiger partial charge in [-0.3, -0.25) is 10.1 Å². The zero-order valence-electron chi connectivity index (χ0n) is 14.8. The van der Waals surface area contributed by atoms with E-state index in [2.05, 4.69) is 0 Å². The van der Waals surface area contributed by atoms with E-state index in [4.69, 9.17) is 19.9 Å². The van der Waals surface area contributed by atoms with E-state index < -0.39 is 24.0 Å². The second-order valence-electron chi connectivity index (χ2n) is 5.45. The van der Waals surface area contributed by atoms with Crippen LogP contribution in [0.4, 0.5) is 4.79 Å². The Morgan fingerprint density at radius 3 is 2.20 bits per heavy atom. The molecule has 8 nitrogen and oxygen atoms in total. The topological polar surface area (TPSA) is 117 Å². The zero-order valence-corrected chi connectivity index (χ0v) is 14.8. The first-order valence-corrected chi connectivity index (χ1v) is 8.01. The number of hydrogen-bond acceptors (Lipinski definition) is 6. The maximum absolute atomic E-state index is 12.4. The van der Waals surface area contributed by atoms with E-state index in [1.807, 2.05) is 19.2 Å². The number of primary amides is 1. The van der Waals surface area contributed by atoms with Crippen LogP contribution in [0.5, 0.6) is 11.5 Å². The molecule has 0 fully saturated rings. The van der Waals surface area contributed by atoms with Crippen molar-refractivity contribution in [2.45, 2.75) is 33.8 Å². The average molecular weight is 352 g/mol. The molecule has 0 aromatic heterocycles. The molecule has 0 aliphatic rings. The molecule has 8 heteroatoms. The van der Waals surface area contributed by atoms with Crippen molar-refractivity contribution in [3.8, 4) is 11.5 Å². The van der Waals surface area contributed by atoms with Crippen LogP contribution in [0.1, 0.15) is 38.1 Å². The van der Waals surface area contributed by atoms with Crippen LogP contribution in [0, 0.1) is 5.92 Å². The molecule has 3 amide bonds. The van der Waals surface area contributed by atoms with Crippen molar-refractivity contribution in [3.63, 3.8) is 0 Å². The maximum Gasteiger partial charge on any atom is 0.339 e. The summed E-state index contributed by atoms with van der Waals surface area (Å²) in [6, 6.07) is 3.59. The van der Waals surface area contributed by atoms with E-state index in [1.165, 1.54) is 12.1 Å². The lowest BCUT2D eigenvalue weighted by Gasteiger charge is -2.20. The maximum atomic E-state index is 12.4. The molecular weight excluding hydrogens is 328 g/mol. The third kappa shape index (κ3) is 5.98. The highest BCUT2D eigenvalue weighted by atomic mass is 16.5. The van der Waals surface area contributed by atoms with E-state index in [0.717, 1.165) is 0 Å². The molecule has 0 aliphatic heterocycles. The molecule has 0 aliphatic carbocycles. The monoisotopic (exact) mass is 352 g/mol. The Labute approximate surface area is 146 Å². The Kier molecular flexibility index (Phi) is 7.71. The number of amides is 3. The summed E-state index contributed by atoms with van der Waals surface area (Å²) >= 11 is 0. The predicted molar refractivity (Wildman–Crippen MR) is 90.5 cm³/mol. The summed E-state index contributed by atoms with van der Waals surface area (Å²) in [6.07, 6.45) is -1.15. The molecule has 0 radical (unpaired) electrons. The van der Waals surface area contributed by atoms with Gasteiger partial charge in [-0.2, -0.15) is 0 Å². The molecule has 0 heterocycles. The molecule has 0 spiro atoms. The number of rotatable bonds is 8. The number of carbonyl (C=O) groups excluding carboxylic acids is 3. The molecule has 1 aromatic carbocycles. The van der Waals surface area contributed by atoms with Crippen molar-refractivity contribution in [1.29, 1.82) is 0 Å². The third-order valence-corrected chi connectivity index (χ3v) is 3.12. The summed E-state index contributed by atoms with van der Waals surface area (Å²) in [5.74, 6) is -0.930. The Morgan fingerprint density at radius 1 is 1.08 bits per heavy atom. The fourth-order valence-corrected chi connectivity index (χ4v) is 2.05. The summed E-state index contributed by atoms with van der Waals surface area (Å²) in [5.41, 5.74) is 5.13. The van der Waals surface area contributed by atoms with Gasteiger partial charge in [0.1, 0.15) is 0 Å². The first-order valence-electron chi connectivity index (χ1n) is 8.01. The van der Waals surface area contributed by atoms with Crippen LogP contribution < -0.4 is 20.5 Å². The highest BCUT2D eigenvalue weighted by Gasteiger charge is 2.28. The summed E-state index contributed by atoms with van der Waals surface area (Å²) < 4.78 is 16.1. The quantitative estimate of drug-likeness (QED) is 0.690. The van der Waals surface area contributed by atoms with Crippen LogP contribution in [-0.2, 0) is 9.53 Å². The van der Waals surface area contributed by atoms with Crippen LogP contribution in [0.3, 0.4) is 0 Å². The molecule has 1 aromatic rings. The second-order valence-corrected chi connectivity index (χ2v) is 5.45. The smallest absolute Gasteiger partial charge is 0.339 e. The summed E-state index contributed by atoms with van der Waals surface area (Å²) in [4.78, 5) is 35.1. The average Bonchev–Trinajstić information content (AvgIpc) is 2.53. The largest absolute Gasteiger partial charge is 0.490 e. The molecule has 0 unspecified atom stereocenters. The molecular formula is C17H24N2O6. The number of esters is 1. The molecule has 1 atom stereocenters. The summed E-state index contributed by atoms with van der Waals surface area (Å²) in [7, 11) is 0. The number of nitrogens with two attached hydrogens (primary N) is 1. The number of carbonyl (C=O) groups is 3. The second kappa shape index (κ2) is 9.51. The Balaban J connectivity index is 2.98. The van der Waals surface area contributed by atoms with Crippen molar-refractivity contribution >= 4 is 17.9 Å². The van der Waals surface area contributed by atoms with Crippen molar-refractivity contribution in [1.82, 2.24) is 5.32 Å². The fraction of sp³-hybridized carbons (Fsp3) is 0.471. The first kappa shape index (κ1) is 20.3. The van der Waals surface area contributed by atoms with Gasteiger partial charge >= 0.3 is 12.0 Å². The fourth-order valence-electron chi connectivity index (χ4n) is 2.05. The van der Waals surface area contributed by atoms with Crippen LogP contribution in [0.2, 0.25) is 0 Å². The standard InChI is InChI=1S/C17H24N2O6/c1-5-23-12-8-7-11(9-13(12)24-6-2)16(21)25-14(10(3)4)15(20)19-17(18)22/h7-10,14H,5-6H2,1-4H3,(H3,18,19,20,22)/t14-/m1/s1. The number of nitrogens with one attached hydrogen (secondary N) is 1. The van der Waals surface area contributed by atoms with E-state index in [1.54, 1.807) is 19.9 Å². The van der Waals surface area contributed by atoms with Gasteiger partial charge in [-0.05, 0) is 38.0 Å². The van der Waals surface area contributed by atoms with Crippen LogP contribution >= 0.6 is 0 Å². The van der Waals surface area contributed by atoms with Crippen molar-refractivity contribution < 1.29 is 28.6 Å². The minimum absolute atomic E-state index is 0.199. The lowest BCUT2D eigenvalue weighted by atomic mass is 10.1. The zero-order chi connectivity index (χ0) is 19.0. The first-order chi connectivity index (χ1) is 11.8. The number of benzene rings is 1. The lowest BCUT2D eigenvalue weighted by molar-refractivity contribution is -0.130. The molecule has 1 rings (SSSR count). The summed E-state index contributed by atoms with van der Waals surface area (Å²) in [5, 5.41) is 1.92. The number of imide groups is 1. The third-order valence-electron chi connectivity index (χ3n) is 3.12. The molecule has 0 bridgehead atoms. The molecule has 0 saturated carbocycles. The molecule has 25 heavy (non-hydrogen) atoms. The minimum atomic E-state index is -1.15. The number of hydrogen-bond donors (Lipinski definition) is 2. The van der Waals surface area contributed by atoms with Gasteiger partial charge in [0.2, 0.25) is 0 Å². The van der Waals surface area contributed by atoms with Crippen LogP contribution in [0.25, 0.3) is 0 Å². The van der Waals surface area contributed by atoms with Gasteiger partial charge in [0, 0.05) is 0 Å². The SMILES string of the molecule is CCOc1ccc(C(=O)O[C@@H](C(=O)NC(N)=O)C(C)C)cc1OCC. The minimum Gasteiger partial charge on any atom is -0.490 e. The van der Waals surface area contributed by atoms with E-state index in [0.29, 0.717) is 24.7 Å². The molecule has 138 valence electrons. The van der Waals surface area contributed by atoms with E-state index in [9.17, 15) is 14.4 Å². The van der Waals surface area contributed by atoms with Gasteiger partial charge in [-0.25, -0.2) is 9.59 Å². The van der Waals surface area contributed by atoms with Gasteiger partial charge in [-0.15, -0.1) is 0 Å². The van der Waals surface area contributed by atoms with Crippen LogP contribution in [0.15, 0.2) is 18.2 Å². The predicted octanol–water partition coefficient (Wildman–Crippen LogP) is 1.86. The van der Waals surface area contributed by atoms with Gasteiger partial charge in [-0.1, -0.05) is 13.8 Å². The van der Waals surface area contributed by atoms with Crippen LogP contribution in [-0.4, -0.2) is 37.2 Å². The van der Waals surface area contributed by atoms with Gasteiger partial charge in [0.15, 0.2) is 17.6 Å². The Hall–Kier alpha value is -2.77. The Morgan fingerprint density at radius 2 is 1.68 bits per heavy atom.